The van der Waals surface area contributed by atoms with Gasteiger partial charge in [0.15, 0.2) is 0 Å². The molecule has 0 radical (unpaired) electrons. The molecule has 0 saturated carbocycles. The predicted octanol–water partition coefficient (Wildman–Crippen LogP) is 5.38. The second-order valence-electron chi connectivity index (χ2n) is 5.60. The fourth-order valence-electron chi connectivity index (χ4n) is 2.20. The quantitative estimate of drug-likeness (QED) is 0.506. The fraction of sp³-hybridized carbons (Fsp3) is 0.158. The SMILES string of the molecule is CC(C)c1ccc(/C=N\Nc2nc(-c3ccccc3)cs2)cc1. The molecule has 1 heterocycles. The summed E-state index contributed by atoms with van der Waals surface area (Å²) < 4.78 is 0. The average Bonchev–Trinajstić information content (AvgIpc) is 3.05. The Labute approximate surface area is 140 Å². The van der Waals surface area contributed by atoms with E-state index < -0.39 is 0 Å². The van der Waals surface area contributed by atoms with Crippen molar-refractivity contribution in [1.82, 2.24) is 4.98 Å². The molecule has 4 heteroatoms. The van der Waals surface area contributed by atoms with Gasteiger partial charge in [0.2, 0.25) is 5.13 Å². The Morgan fingerprint density at radius 3 is 2.48 bits per heavy atom. The van der Waals surface area contributed by atoms with Gasteiger partial charge in [0.1, 0.15) is 0 Å². The number of nitrogens with zero attached hydrogens (tertiary/aromatic N) is 2. The molecule has 0 bridgehead atoms. The third-order valence-electron chi connectivity index (χ3n) is 3.55. The standard InChI is InChI=1S/C19H19N3S/c1-14(2)16-10-8-15(9-11-16)12-20-22-19-21-18(13-23-19)17-6-4-3-5-7-17/h3-14H,1-2H3,(H,21,22)/b20-12-. The topological polar surface area (TPSA) is 37.3 Å². The highest BCUT2D eigenvalue weighted by Crippen LogP contribution is 2.24. The number of hydrogen-bond acceptors (Lipinski definition) is 4. The molecule has 1 N–H and O–H groups in total. The first kappa shape index (κ1) is 15.4. The van der Waals surface area contributed by atoms with Gasteiger partial charge in [-0.3, -0.25) is 5.43 Å². The zero-order valence-electron chi connectivity index (χ0n) is 13.2. The lowest BCUT2D eigenvalue weighted by molar-refractivity contribution is 0.866. The summed E-state index contributed by atoms with van der Waals surface area (Å²) >= 11 is 1.55. The van der Waals surface area contributed by atoms with Crippen LogP contribution >= 0.6 is 11.3 Å². The normalized spacial score (nSPS) is 11.3. The van der Waals surface area contributed by atoms with Gasteiger partial charge in [-0.2, -0.15) is 5.10 Å². The van der Waals surface area contributed by atoms with Gasteiger partial charge in [-0.15, -0.1) is 11.3 Å². The van der Waals surface area contributed by atoms with E-state index >= 15 is 0 Å². The Morgan fingerprint density at radius 2 is 1.78 bits per heavy atom. The Hall–Kier alpha value is -2.46. The van der Waals surface area contributed by atoms with Crippen molar-refractivity contribution in [2.24, 2.45) is 5.10 Å². The van der Waals surface area contributed by atoms with Crippen molar-refractivity contribution in [2.75, 3.05) is 5.43 Å². The molecule has 0 aliphatic carbocycles. The van der Waals surface area contributed by atoms with Crippen molar-refractivity contribution in [1.29, 1.82) is 0 Å². The van der Waals surface area contributed by atoms with E-state index in [9.17, 15) is 0 Å². The van der Waals surface area contributed by atoms with E-state index in [0.29, 0.717) is 5.92 Å². The van der Waals surface area contributed by atoms with Crippen molar-refractivity contribution < 1.29 is 0 Å². The number of thiazole rings is 1. The maximum atomic E-state index is 4.54. The molecule has 0 unspecified atom stereocenters. The van der Waals surface area contributed by atoms with Crippen LogP contribution in [0.4, 0.5) is 5.13 Å². The van der Waals surface area contributed by atoms with Crippen molar-refractivity contribution in [3.63, 3.8) is 0 Å². The first-order valence-corrected chi connectivity index (χ1v) is 8.50. The first-order chi connectivity index (χ1) is 11.2. The van der Waals surface area contributed by atoms with Gasteiger partial charge in [0.05, 0.1) is 11.9 Å². The van der Waals surface area contributed by atoms with Crippen LogP contribution in [0.1, 0.15) is 30.9 Å². The van der Waals surface area contributed by atoms with Crippen LogP contribution in [0.5, 0.6) is 0 Å². The fourth-order valence-corrected chi connectivity index (χ4v) is 2.86. The number of anilines is 1. The van der Waals surface area contributed by atoms with Crippen LogP contribution in [0.15, 0.2) is 65.1 Å². The maximum absolute atomic E-state index is 4.54. The predicted molar refractivity (Wildman–Crippen MR) is 99.3 cm³/mol. The zero-order valence-corrected chi connectivity index (χ0v) is 14.0. The molecule has 3 nitrogen and oxygen atoms in total. The molecule has 1 aromatic heterocycles. The van der Waals surface area contributed by atoms with Crippen LogP contribution in [0.3, 0.4) is 0 Å². The molecule has 0 saturated heterocycles. The minimum absolute atomic E-state index is 0.547. The molecule has 0 aliphatic heterocycles. The molecule has 3 rings (SSSR count). The molecule has 116 valence electrons. The summed E-state index contributed by atoms with van der Waals surface area (Å²) in [5, 5.41) is 7.09. The van der Waals surface area contributed by atoms with Gasteiger partial charge in [-0.1, -0.05) is 68.4 Å². The van der Waals surface area contributed by atoms with Gasteiger partial charge < -0.3 is 0 Å². The number of benzene rings is 2. The van der Waals surface area contributed by atoms with Crippen molar-refractivity contribution >= 4 is 22.7 Å². The molecule has 23 heavy (non-hydrogen) atoms. The maximum Gasteiger partial charge on any atom is 0.203 e. The molecule has 0 fully saturated rings. The number of nitrogens with one attached hydrogen (secondary N) is 1. The Morgan fingerprint density at radius 1 is 1.04 bits per heavy atom. The van der Waals surface area contributed by atoms with Crippen LogP contribution in [0, 0.1) is 0 Å². The lowest BCUT2D eigenvalue weighted by Gasteiger charge is -2.04. The number of aromatic nitrogens is 1. The number of hydrazone groups is 1. The van der Waals surface area contributed by atoms with Crippen LogP contribution in [0.2, 0.25) is 0 Å². The van der Waals surface area contributed by atoms with Crippen molar-refractivity contribution in [3.8, 4) is 11.3 Å². The molecule has 0 aliphatic rings. The van der Waals surface area contributed by atoms with E-state index in [2.05, 4.69) is 65.8 Å². The van der Waals surface area contributed by atoms with E-state index in [-0.39, 0.29) is 0 Å². The summed E-state index contributed by atoms with van der Waals surface area (Å²) in [6, 6.07) is 18.6. The summed E-state index contributed by atoms with van der Waals surface area (Å²) in [4.78, 5) is 4.54. The van der Waals surface area contributed by atoms with Crippen LogP contribution in [-0.4, -0.2) is 11.2 Å². The van der Waals surface area contributed by atoms with Gasteiger partial charge >= 0.3 is 0 Å². The second-order valence-corrected chi connectivity index (χ2v) is 6.45. The van der Waals surface area contributed by atoms with E-state index in [1.165, 1.54) is 5.56 Å². The monoisotopic (exact) mass is 321 g/mol. The minimum atomic E-state index is 0.547. The molecule has 0 atom stereocenters. The van der Waals surface area contributed by atoms with Gasteiger partial charge in [-0.25, -0.2) is 4.98 Å². The van der Waals surface area contributed by atoms with Gasteiger partial charge in [-0.05, 0) is 17.0 Å². The molecule has 3 aromatic rings. The summed E-state index contributed by atoms with van der Waals surface area (Å²) in [5.74, 6) is 0.547. The summed E-state index contributed by atoms with van der Waals surface area (Å²) in [7, 11) is 0. The van der Waals surface area contributed by atoms with Crippen LogP contribution in [-0.2, 0) is 0 Å². The Balaban J connectivity index is 1.63. The molecule has 0 amide bonds. The molecular formula is C19H19N3S. The van der Waals surface area contributed by atoms with Crippen LogP contribution in [0.25, 0.3) is 11.3 Å². The number of rotatable bonds is 5. The number of hydrogen-bond donors (Lipinski definition) is 1. The highest BCUT2D eigenvalue weighted by Gasteiger charge is 2.02. The lowest BCUT2D eigenvalue weighted by atomic mass is 10.0. The van der Waals surface area contributed by atoms with E-state index in [1.54, 1.807) is 11.3 Å². The molecule has 0 spiro atoms. The van der Waals surface area contributed by atoms with E-state index in [0.717, 1.165) is 22.0 Å². The largest absolute Gasteiger partial charge is 0.253 e. The van der Waals surface area contributed by atoms with E-state index in [1.807, 2.05) is 29.8 Å². The van der Waals surface area contributed by atoms with Gasteiger partial charge in [0.25, 0.3) is 0 Å². The molecule has 2 aromatic carbocycles. The Bertz CT molecular complexity index is 774. The summed E-state index contributed by atoms with van der Waals surface area (Å²) in [5.41, 5.74) is 7.49. The van der Waals surface area contributed by atoms with Crippen molar-refractivity contribution in [2.45, 2.75) is 19.8 Å². The van der Waals surface area contributed by atoms with Crippen molar-refractivity contribution in [3.05, 3.63) is 71.1 Å². The lowest BCUT2D eigenvalue weighted by Crippen LogP contribution is -1.91. The summed E-state index contributed by atoms with van der Waals surface area (Å²) in [6.07, 6.45) is 1.81. The van der Waals surface area contributed by atoms with Crippen LogP contribution < -0.4 is 5.43 Å². The Kier molecular flexibility index (Phi) is 4.83. The zero-order chi connectivity index (χ0) is 16.1. The smallest absolute Gasteiger partial charge is 0.203 e. The van der Waals surface area contributed by atoms with E-state index in [4.69, 9.17) is 0 Å². The summed E-state index contributed by atoms with van der Waals surface area (Å²) in [6.45, 7) is 4.38. The average molecular weight is 321 g/mol. The first-order valence-electron chi connectivity index (χ1n) is 7.62. The second kappa shape index (κ2) is 7.20. The highest BCUT2D eigenvalue weighted by atomic mass is 32.1. The third-order valence-corrected chi connectivity index (χ3v) is 4.30. The van der Waals surface area contributed by atoms with Gasteiger partial charge in [0, 0.05) is 10.9 Å². The highest BCUT2D eigenvalue weighted by molar-refractivity contribution is 7.14. The third kappa shape index (κ3) is 4.05. The molecular weight excluding hydrogens is 302 g/mol. The minimum Gasteiger partial charge on any atom is -0.253 e.